The second kappa shape index (κ2) is 5.53. The van der Waals surface area contributed by atoms with Crippen molar-refractivity contribution in [2.75, 3.05) is 13.2 Å². The largest absolute Gasteiger partial charge is 0.395 e. The fourth-order valence-corrected chi connectivity index (χ4v) is 2.01. The smallest absolute Gasteiger partial charge is 0.122 e. The lowest BCUT2D eigenvalue weighted by Crippen LogP contribution is -2.28. The third-order valence-corrected chi connectivity index (χ3v) is 3.12. The monoisotopic (exact) mass is 251 g/mol. The van der Waals surface area contributed by atoms with Crippen molar-refractivity contribution in [3.05, 3.63) is 29.6 Å². The molecule has 17 heavy (non-hydrogen) atoms. The summed E-state index contributed by atoms with van der Waals surface area (Å²) >= 11 is 4.91. The lowest BCUT2D eigenvalue weighted by atomic mass is 10.2. The SMILES string of the molecule is NC(=S)c1cc(CN(CCO)C2CC2)ccn1. The molecule has 0 spiro atoms. The number of thiocarbonyl (C=S) groups is 1. The summed E-state index contributed by atoms with van der Waals surface area (Å²) in [4.78, 5) is 6.73. The van der Waals surface area contributed by atoms with Crippen LogP contribution in [0, 0.1) is 0 Å². The Morgan fingerprint density at radius 3 is 2.94 bits per heavy atom. The van der Waals surface area contributed by atoms with Crippen LogP contribution >= 0.6 is 12.2 Å². The van der Waals surface area contributed by atoms with Gasteiger partial charge < -0.3 is 10.8 Å². The van der Waals surface area contributed by atoms with Crippen LogP contribution in [0.25, 0.3) is 0 Å². The van der Waals surface area contributed by atoms with E-state index in [9.17, 15) is 0 Å². The maximum absolute atomic E-state index is 9.04. The molecule has 1 saturated carbocycles. The highest BCUT2D eigenvalue weighted by Crippen LogP contribution is 2.27. The zero-order chi connectivity index (χ0) is 12.3. The molecular weight excluding hydrogens is 234 g/mol. The second-order valence-corrected chi connectivity index (χ2v) is 4.78. The summed E-state index contributed by atoms with van der Waals surface area (Å²) < 4.78 is 0. The summed E-state index contributed by atoms with van der Waals surface area (Å²) in [6.07, 6.45) is 4.19. The van der Waals surface area contributed by atoms with E-state index < -0.39 is 0 Å². The summed E-state index contributed by atoms with van der Waals surface area (Å²) in [6, 6.07) is 4.52. The molecule has 0 amide bonds. The Morgan fingerprint density at radius 1 is 1.59 bits per heavy atom. The topological polar surface area (TPSA) is 62.4 Å². The Kier molecular flexibility index (Phi) is 4.04. The third kappa shape index (κ3) is 3.46. The number of nitrogens with two attached hydrogens (primary N) is 1. The molecule has 0 radical (unpaired) electrons. The second-order valence-electron chi connectivity index (χ2n) is 4.34. The average Bonchev–Trinajstić information content (AvgIpc) is 3.13. The molecular formula is C12H17N3OS. The molecule has 0 saturated heterocycles. The molecule has 1 aromatic rings. The Morgan fingerprint density at radius 2 is 2.35 bits per heavy atom. The number of pyridine rings is 1. The van der Waals surface area contributed by atoms with Crippen molar-refractivity contribution in [2.24, 2.45) is 5.73 Å². The van der Waals surface area contributed by atoms with Crippen LogP contribution < -0.4 is 5.73 Å². The number of nitrogens with zero attached hydrogens (tertiary/aromatic N) is 2. The summed E-state index contributed by atoms with van der Waals surface area (Å²) in [7, 11) is 0. The van der Waals surface area contributed by atoms with Gasteiger partial charge in [0.1, 0.15) is 4.99 Å². The van der Waals surface area contributed by atoms with Gasteiger partial charge in [0.15, 0.2) is 0 Å². The van der Waals surface area contributed by atoms with Gasteiger partial charge in [-0.1, -0.05) is 12.2 Å². The highest BCUT2D eigenvalue weighted by Gasteiger charge is 2.28. The van der Waals surface area contributed by atoms with Crippen molar-refractivity contribution >= 4 is 17.2 Å². The maximum atomic E-state index is 9.04. The molecule has 0 aromatic carbocycles. The molecule has 92 valence electrons. The maximum Gasteiger partial charge on any atom is 0.122 e. The normalized spacial score (nSPS) is 15.2. The molecule has 3 N–H and O–H groups in total. The highest BCUT2D eigenvalue weighted by molar-refractivity contribution is 7.80. The van der Waals surface area contributed by atoms with Crippen molar-refractivity contribution in [3.8, 4) is 0 Å². The zero-order valence-electron chi connectivity index (χ0n) is 9.67. The van der Waals surface area contributed by atoms with Gasteiger partial charge in [-0.15, -0.1) is 0 Å². The van der Waals surface area contributed by atoms with Crippen molar-refractivity contribution in [1.29, 1.82) is 0 Å². The first kappa shape index (κ1) is 12.4. The number of aromatic nitrogens is 1. The minimum Gasteiger partial charge on any atom is -0.395 e. The van der Waals surface area contributed by atoms with Crippen LogP contribution in [0.2, 0.25) is 0 Å². The predicted octanol–water partition coefficient (Wildman–Crippen LogP) is 0.672. The quantitative estimate of drug-likeness (QED) is 0.728. The highest BCUT2D eigenvalue weighted by atomic mass is 32.1. The Balaban J connectivity index is 2.05. The Labute approximate surface area is 106 Å². The third-order valence-electron chi connectivity index (χ3n) is 2.91. The molecule has 1 heterocycles. The summed E-state index contributed by atoms with van der Waals surface area (Å²) in [6.45, 7) is 1.74. The van der Waals surface area contributed by atoms with Crippen LogP contribution in [0.1, 0.15) is 24.1 Å². The first-order valence-corrected chi connectivity index (χ1v) is 6.21. The van der Waals surface area contributed by atoms with Crippen LogP contribution in [-0.4, -0.2) is 39.2 Å². The molecule has 0 unspecified atom stereocenters. The van der Waals surface area contributed by atoms with E-state index in [-0.39, 0.29) is 6.61 Å². The van der Waals surface area contributed by atoms with Gasteiger partial charge in [0.2, 0.25) is 0 Å². The summed E-state index contributed by atoms with van der Waals surface area (Å²) in [5.41, 5.74) is 7.37. The number of hydrogen-bond donors (Lipinski definition) is 2. The molecule has 1 aromatic heterocycles. The minimum atomic E-state index is 0.198. The summed E-state index contributed by atoms with van der Waals surface area (Å²) in [5, 5.41) is 9.04. The van der Waals surface area contributed by atoms with Crippen molar-refractivity contribution in [1.82, 2.24) is 9.88 Å². The fraction of sp³-hybridized carbons (Fsp3) is 0.500. The molecule has 1 aliphatic rings. The van der Waals surface area contributed by atoms with E-state index in [1.165, 1.54) is 12.8 Å². The van der Waals surface area contributed by atoms with Gasteiger partial charge in [0, 0.05) is 25.3 Å². The molecule has 5 heteroatoms. The van der Waals surface area contributed by atoms with E-state index in [0.29, 0.717) is 16.7 Å². The van der Waals surface area contributed by atoms with Gasteiger partial charge in [0.05, 0.1) is 12.3 Å². The van der Waals surface area contributed by atoms with Crippen LogP contribution in [0.4, 0.5) is 0 Å². The van der Waals surface area contributed by atoms with E-state index in [1.807, 2.05) is 12.1 Å². The van der Waals surface area contributed by atoms with Gasteiger partial charge in [-0.25, -0.2) is 0 Å². The average molecular weight is 251 g/mol. The number of aliphatic hydroxyl groups excluding tert-OH is 1. The minimum absolute atomic E-state index is 0.198. The van der Waals surface area contributed by atoms with Crippen LogP contribution in [0.5, 0.6) is 0 Å². The standard InChI is InChI=1S/C12H17N3OS/c13-12(17)11-7-9(3-4-14-11)8-15(5-6-16)10-1-2-10/h3-4,7,10,16H,1-2,5-6,8H2,(H2,13,17). The Hall–Kier alpha value is -1.04. The molecule has 1 aliphatic carbocycles. The van der Waals surface area contributed by atoms with Gasteiger partial charge in [-0.05, 0) is 30.5 Å². The van der Waals surface area contributed by atoms with Crippen LogP contribution in [-0.2, 0) is 6.54 Å². The number of aliphatic hydroxyl groups is 1. The predicted molar refractivity (Wildman–Crippen MR) is 70.6 cm³/mol. The van der Waals surface area contributed by atoms with Crippen molar-refractivity contribution in [2.45, 2.75) is 25.4 Å². The van der Waals surface area contributed by atoms with Gasteiger partial charge in [-0.3, -0.25) is 9.88 Å². The number of hydrogen-bond acceptors (Lipinski definition) is 4. The van der Waals surface area contributed by atoms with Crippen molar-refractivity contribution in [3.63, 3.8) is 0 Å². The van der Waals surface area contributed by atoms with Gasteiger partial charge in [0.25, 0.3) is 0 Å². The molecule has 2 rings (SSSR count). The van der Waals surface area contributed by atoms with E-state index in [2.05, 4.69) is 9.88 Å². The lowest BCUT2D eigenvalue weighted by molar-refractivity contribution is 0.183. The van der Waals surface area contributed by atoms with Gasteiger partial charge >= 0.3 is 0 Å². The zero-order valence-corrected chi connectivity index (χ0v) is 10.5. The lowest BCUT2D eigenvalue weighted by Gasteiger charge is -2.20. The van der Waals surface area contributed by atoms with Gasteiger partial charge in [-0.2, -0.15) is 0 Å². The number of rotatable bonds is 6. The van der Waals surface area contributed by atoms with E-state index in [4.69, 9.17) is 23.1 Å². The fourth-order valence-electron chi connectivity index (χ4n) is 1.90. The van der Waals surface area contributed by atoms with Crippen LogP contribution in [0.15, 0.2) is 18.3 Å². The van der Waals surface area contributed by atoms with E-state index in [1.54, 1.807) is 6.20 Å². The van der Waals surface area contributed by atoms with E-state index >= 15 is 0 Å². The van der Waals surface area contributed by atoms with Crippen LogP contribution in [0.3, 0.4) is 0 Å². The molecule has 0 bridgehead atoms. The Bertz CT molecular complexity index is 406. The molecule has 0 atom stereocenters. The van der Waals surface area contributed by atoms with E-state index in [0.717, 1.165) is 18.7 Å². The molecule has 0 aliphatic heterocycles. The molecule has 1 fully saturated rings. The summed E-state index contributed by atoms with van der Waals surface area (Å²) in [5.74, 6) is 0. The first-order valence-electron chi connectivity index (χ1n) is 5.80. The molecule has 4 nitrogen and oxygen atoms in total. The first-order chi connectivity index (χ1) is 8.20. The van der Waals surface area contributed by atoms with Crippen molar-refractivity contribution < 1.29 is 5.11 Å².